The number of benzodiazepines with no additional fused rings is 1. The van der Waals surface area contributed by atoms with Crippen molar-refractivity contribution in [2.24, 2.45) is 28.5 Å². The molecule has 3 atom stereocenters. The van der Waals surface area contributed by atoms with E-state index in [1.165, 1.54) is 0 Å². The van der Waals surface area contributed by atoms with Gasteiger partial charge in [0.15, 0.2) is 0 Å². The van der Waals surface area contributed by atoms with E-state index in [2.05, 4.69) is 15.6 Å². The first kappa shape index (κ1) is 28.1. The lowest BCUT2D eigenvalue weighted by molar-refractivity contribution is -0.146. The lowest BCUT2D eigenvalue weighted by Gasteiger charge is -2.26. The third-order valence-electron chi connectivity index (χ3n) is 7.73. The van der Waals surface area contributed by atoms with Crippen LogP contribution in [0.2, 0.25) is 5.02 Å². The summed E-state index contributed by atoms with van der Waals surface area (Å²) < 4.78 is 39.0. The van der Waals surface area contributed by atoms with Crippen molar-refractivity contribution in [1.29, 1.82) is 0 Å². The Morgan fingerprint density at radius 3 is 2.38 bits per heavy atom. The number of primary amides is 1. The van der Waals surface area contributed by atoms with Crippen LogP contribution in [-0.2, 0) is 14.4 Å². The molecule has 3 aliphatic rings. The largest absolute Gasteiger partial charge is 0.389 e. The molecule has 0 unspecified atom stereocenters. The Labute approximate surface area is 234 Å². The minimum atomic E-state index is -4.50. The molecule has 2 aromatic carbocycles. The maximum atomic E-state index is 13.6. The second-order valence-corrected chi connectivity index (χ2v) is 11.3. The molecule has 0 spiro atoms. The lowest BCUT2D eigenvalue weighted by atomic mass is 9.83. The SMILES string of the molecule is NC(=O)[C@H](CCC(F)(F)F)[C@H](CC1CC1)C(=O)N[C@H]1N=C(c2ccc(Cl)cc2)c2cccc(C3CC3)c2NC1=O. The van der Waals surface area contributed by atoms with E-state index in [1.807, 2.05) is 18.2 Å². The van der Waals surface area contributed by atoms with Crippen molar-refractivity contribution < 1.29 is 27.6 Å². The van der Waals surface area contributed by atoms with E-state index in [0.29, 0.717) is 33.5 Å². The maximum Gasteiger partial charge on any atom is 0.389 e. The van der Waals surface area contributed by atoms with E-state index in [1.54, 1.807) is 24.3 Å². The molecule has 0 radical (unpaired) electrons. The molecule has 212 valence electrons. The fraction of sp³-hybridized carbons (Fsp3) is 0.448. The number of aliphatic imine (C=N–C) groups is 1. The number of nitrogens with one attached hydrogen (secondary N) is 2. The average Bonchev–Trinajstić information content (AvgIpc) is 3.79. The molecule has 0 saturated heterocycles. The van der Waals surface area contributed by atoms with Crippen LogP contribution < -0.4 is 16.4 Å². The molecule has 1 heterocycles. The number of alkyl halides is 3. The van der Waals surface area contributed by atoms with Crippen molar-refractivity contribution in [2.45, 2.75) is 63.2 Å². The van der Waals surface area contributed by atoms with E-state index in [4.69, 9.17) is 17.3 Å². The smallest absolute Gasteiger partial charge is 0.369 e. The molecule has 2 saturated carbocycles. The Bertz CT molecular complexity index is 1340. The molecule has 2 aliphatic carbocycles. The Hall–Kier alpha value is -3.40. The Morgan fingerprint density at radius 1 is 1.07 bits per heavy atom. The molecule has 0 bridgehead atoms. The molecular weight excluding hydrogens is 545 g/mol. The number of carbonyl (C=O) groups is 3. The van der Waals surface area contributed by atoms with E-state index in [0.717, 1.165) is 31.2 Å². The molecule has 3 amide bonds. The van der Waals surface area contributed by atoms with E-state index in [-0.39, 0.29) is 12.3 Å². The Balaban J connectivity index is 1.48. The second-order valence-electron chi connectivity index (χ2n) is 10.9. The summed E-state index contributed by atoms with van der Waals surface area (Å²) >= 11 is 6.10. The number of hydrogen-bond donors (Lipinski definition) is 3. The monoisotopic (exact) mass is 574 g/mol. The molecule has 11 heteroatoms. The third-order valence-corrected chi connectivity index (χ3v) is 7.98. The molecule has 4 N–H and O–H groups in total. The van der Waals surface area contributed by atoms with Gasteiger partial charge >= 0.3 is 6.18 Å². The van der Waals surface area contributed by atoms with Gasteiger partial charge in [-0.1, -0.05) is 54.8 Å². The molecule has 40 heavy (non-hydrogen) atoms. The van der Waals surface area contributed by atoms with Crippen LogP contribution in [-0.4, -0.2) is 35.8 Å². The number of rotatable bonds is 10. The zero-order chi connectivity index (χ0) is 28.6. The summed E-state index contributed by atoms with van der Waals surface area (Å²) in [5, 5.41) is 6.08. The normalized spacial score (nSPS) is 20.4. The fourth-order valence-electron chi connectivity index (χ4n) is 5.30. The highest BCUT2D eigenvalue weighted by Gasteiger charge is 2.41. The Kier molecular flexibility index (Phi) is 7.90. The highest BCUT2D eigenvalue weighted by molar-refractivity contribution is 6.31. The van der Waals surface area contributed by atoms with E-state index >= 15 is 0 Å². The summed E-state index contributed by atoms with van der Waals surface area (Å²) in [6.45, 7) is 0. The van der Waals surface area contributed by atoms with Gasteiger partial charge in [-0.15, -0.1) is 0 Å². The number of nitrogens with zero attached hydrogens (tertiary/aromatic N) is 1. The fourth-order valence-corrected chi connectivity index (χ4v) is 5.42. The highest BCUT2D eigenvalue weighted by Crippen LogP contribution is 2.45. The quantitative estimate of drug-likeness (QED) is 0.357. The van der Waals surface area contributed by atoms with Crippen LogP contribution in [0.15, 0.2) is 47.5 Å². The van der Waals surface area contributed by atoms with Crippen molar-refractivity contribution in [3.8, 4) is 0 Å². The third kappa shape index (κ3) is 6.66. The summed E-state index contributed by atoms with van der Waals surface area (Å²) in [5.41, 5.74) is 8.92. The van der Waals surface area contributed by atoms with Crippen LogP contribution in [0.25, 0.3) is 0 Å². The first-order valence-electron chi connectivity index (χ1n) is 13.4. The molecular formula is C29H30ClF3N4O3. The van der Waals surface area contributed by atoms with Crippen LogP contribution in [0.4, 0.5) is 18.9 Å². The number of fused-ring (bicyclic) bond motifs is 1. The minimum Gasteiger partial charge on any atom is -0.369 e. The molecule has 7 nitrogen and oxygen atoms in total. The van der Waals surface area contributed by atoms with Crippen LogP contribution >= 0.6 is 11.6 Å². The average molecular weight is 575 g/mol. The van der Waals surface area contributed by atoms with Crippen LogP contribution in [0.3, 0.4) is 0 Å². The first-order valence-corrected chi connectivity index (χ1v) is 13.8. The molecule has 1 aliphatic heterocycles. The van der Waals surface area contributed by atoms with Crippen molar-refractivity contribution in [2.75, 3.05) is 5.32 Å². The van der Waals surface area contributed by atoms with Gasteiger partial charge in [-0.2, -0.15) is 13.2 Å². The van der Waals surface area contributed by atoms with Gasteiger partial charge in [0.2, 0.25) is 18.0 Å². The predicted molar refractivity (Wildman–Crippen MR) is 145 cm³/mol. The Morgan fingerprint density at radius 2 is 1.77 bits per heavy atom. The molecule has 5 rings (SSSR count). The number of benzene rings is 2. The lowest BCUT2D eigenvalue weighted by Crippen LogP contribution is -2.48. The number of nitrogens with two attached hydrogens (primary N) is 1. The summed E-state index contributed by atoms with van der Waals surface area (Å²) in [4.78, 5) is 44.0. The molecule has 2 fully saturated rings. The minimum absolute atomic E-state index is 0.116. The molecule has 2 aromatic rings. The van der Waals surface area contributed by atoms with Crippen molar-refractivity contribution in [3.05, 3.63) is 64.2 Å². The zero-order valence-corrected chi connectivity index (χ0v) is 22.4. The summed E-state index contributed by atoms with van der Waals surface area (Å²) in [7, 11) is 0. The maximum absolute atomic E-state index is 13.6. The topological polar surface area (TPSA) is 114 Å². The van der Waals surface area contributed by atoms with Gasteiger partial charge in [0, 0.05) is 34.4 Å². The number of hydrogen-bond acceptors (Lipinski definition) is 4. The second kappa shape index (κ2) is 11.2. The van der Waals surface area contributed by atoms with Crippen LogP contribution in [0.1, 0.15) is 67.6 Å². The summed E-state index contributed by atoms with van der Waals surface area (Å²) in [6, 6.07) is 12.6. The molecule has 0 aromatic heterocycles. The van der Waals surface area contributed by atoms with E-state index in [9.17, 15) is 27.6 Å². The van der Waals surface area contributed by atoms with Gasteiger partial charge in [-0.3, -0.25) is 14.4 Å². The number of para-hydroxylation sites is 1. The van der Waals surface area contributed by atoms with Crippen LogP contribution in [0, 0.1) is 17.8 Å². The van der Waals surface area contributed by atoms with Gasteiger partial charge in [-0.25, -0.2) is 4.99 Å². The van der Waals surface area contributed by atoms with Crippen molar-refractivity contribution in [1.82, 2.24) is 5.32 Å². The predicted octanol–water partition coefficient (Wildman–Crippen LogP) is 5.31. The van der Waals surface area contributed by atoms with Gasteiger partial charge in [0.1, 0.15) is 0 Å². The summed E-state index contributed by atoms with van der Waals surface area (Å²) in [5.74, 6) is -4.28. The van der Waals surface area contributed by atoms with Gasteiger partial charge in [0.05, 0.1) is 11.4 Å². The van der Waals surface area contributed by atoms with Gasteiger partial charge in [-0.05, 0) is 55.2 Å². The van der Waals surface area contributed by atoms with Gasteiger partial charge in [0.25, 0.3) is 5.91 Å². The van der Waals surface area contributed by atoms with E-state index < -0.39 is 54.7 Å². The van der Waals surface area contributed by atoms with Crippen LogP contribution in [0.5, 0.6) is 0 Å². The highest BCUT2D eigenvalue weighted by atomic mass is 35.5. The summed E-state index contributed by atoms with van der Waals surface area (Å²) in [6.07, 6.45) is -3.88. The number of amides is 3. The number of halogens is 4. The number of carbonyl (C=O) groups excluding carboxylic acids is 3. The zero-order valence-electron chi connectivity index (χ0n) is 21.6. The van der Waals surface area contributed by atoms with Crippen molar-refractivity contribution >= 4 is 40.7 Å². The van der Waals surface area contributed by atoms with Crippen molar-refractivity contribution in [3.63, 3.8) is 0 Å². The number of anilines is 1. The van der Waals surface area contributed by atoms with Gasteiger partial charge < -0.3 is 16.4 Å². The standard InChI is InChI=1S/C29H30ClF3N4O3/c30-18-10-8-17(9-11-18)23-21-3-1-2-19(16-6-7-16)24(21)36-28(40)26(35-23)37-27(39)22(14-15-4-5-15)20(25(34)38)12-13-29(31,32)33/h1-3,8-11,15-16,20,22,26H,4-7,12-14H2,(H2,34,38)(H,36,40)(H,37,39)/t20-,22+,26-/m1/s1. The first-order chi connectivity index (χ1) is 19.0.